The molecule has 0 aromatic heterocycles. The first-order chi connectivity index (χ1) is 3.88. The summed E-state index contributed by atoms with van der Waals surface area (Å²) in [5.74, 6) is 1.50. The average Bonchev–Trinajstić information content (AvgIpc) is 2.53. The Kier molecular flexibility index (Phi) is 1.90. The van der Waals surface area contributed by atoms with Crippen molar-refractivity contribution in [2.75, 3.05) is 6.61 Å². The summed E-state index contributed by atoms with van der Waals surface area (Å²) in [6.45, 7) is 2.56. The molecule has 0 aliphatic heterocycles. The standard InChI is InChI=1S/C7H14O/c1-2-6(5-8)7-3-4-7/h6-8H,2-5H2,1H3. The number of hydrogen-bond acceptors (Lipinski definition) is 1. The van der Waals surface area contributed by atoms with Crippen LogP contribution in [0.4, 0.5) is 0 Å². The maximum Gasteiger partial charge on any atom is 0.0461 e. The highest BCUT2D eigenvalue weighted by atomic mass is 16.3. The number of aliphatic hydroxyl groups excluding tert-OH is 1. The molecule has 0 heterocycles. The predicted molar refractivity (Wildman–Crippen MR) is 33.6 cm³/mol. The molecule has 1 unspecified atom stereocenters. The van der Waals surface area contributed by atoms with Crippen LogP contribution in [0.25, 0.3) is 0 Å². The van der Waals surface area contributed by atoms with Crippen LogP contribution in [0.3, 0.4) is 0 Å². The van der Waals surface area contributed by atoms with Gasteiger partial charge in [0.25, 0.3) is 0 Å². The second kappa shape index (κ2) is 2.49. The Hall–Kier alpha value is -0.0400. The molecule has 0 bridgehead atoms. The van der Waals surface area contributed by atoms with Crippen molar-refractivity contribution in [1.82, 2.24) is 0 Å². The van der Waals surface area contributed by atoms with Gasteiger partial charge < -0.3 is 5.11 Å². The summed E-state index contributed by atoms with van der Waals surface area (Å²) in [7, 11) is 0. The summed E-state index contributed by atoms with van der Waals surface area (Å²) in [6, 6.07) is 0. The molecule has 1 atom stereocenters. The van der Waals surface area contributed by atoms with E-state index in [-0.39, 0.29) is 0 Å². The van der Waals surface area contributed by atoms with Crippen molar-refractivity contribution >= 4 is 0 Å². The normalized spacial score (nSPS) is 23.2. The van der Waals surface area contributed by atoms with Gasteiger partial charge in [0.05, 0.1) is 0 Å². The molecule has 0 saturated heterocycles. The molecule has 0 spiro atoms. The zero-order valence-electron chi connectivity index (χ0n) is 5.43. The van der Waals surface area contributed by atoms with Crippen LogP contribution >= 0.6 is 0 Å². The van der Waals surface area contributed by atoms with Crippen LogP contribution in [-0.4, -0.2) is 11.7 Å². The fraction of sp³-hybridized carbons (Fsp3) is 1.00. The number of hydrogen-bond donors (Lipinski definition) is 1. The fourth-order valence-electron chi connectivity index (χ4n) is 1.18. The molecule has 1 aliphatic rings. The van der Waals surface area contributed by atoms with E-state index in [0.29, 0.717) is 12.5 Å². The second-order valence-electron chi connectivity index (χ2n) is 2.69. The van der Waals surface area contributed by atoms with Crippen LogP contribution in [0.2, 0.25) is 0 Å². The van der Waals surface area contributed by atoms with Gasteiger partial charge in [-0.15, -0.1) is 0 Å². The first-order valence-electron chi connectivity index (χ1n) is 3.49. The van der Waals surface area contributed by atoms with Gasteiger partial charge in [0, 0.05) is 6.61 Å². The Balaban J connectivity index is 2.15. The van der Waals surface area contributed by atoms with E-state index in [4.69, 9.17) is 5.11 Å². The smallest absolute Gasteiger partial charge is 0.0461 e. The fourth-order valence-corrected chi connectivity index (χ4v) is 1.18. The molecule has 0 aromatic rings. The minimum atomic E-state index is 0.404. The molecule has 1 nitrogen and oxygen atoms in total. The van der Waals surface area contributed by atoms with Gasteiger partial charge >= 0.3 is 0 Å². The van der Waals surface area contributed by atoms with E-state index in [2.05, 4.69) is 6.92 Å². The van der Waals surface area contributed by atoms with Gasteiger partial charge in [-0.25, -0.2) is 0 Å². The Morgan fingerprint density at radius 3 is 2.38 bits per heavy atom. The first kappa shape index (κ1) is 6.09. The molecule has 0 aromatic carbocycles. The molecule has 1 fully saturated rings. The molecule has 48 valence electrons. The van der Waals surface area contributed by atoms with Gasteiger partial charge in [-0.1, -0.05) is 13.3 Å². The topological polar surface area (TPSA) is 20.2 Å². The van der Waals surface area contributed by atoms with Gasteiger partial charge in [-0.05, 0) is 24.7 Å². The summed E-state index contributed by atoms with van der Waals surface area (Å²) in [5, 5.41) is 8.74. The van der Waals surface area contributed by atoms with Gasteiger partial charge in [-0.2, -0.15) is 0 Å². The molecular formula is C7H14O. The van der Waals surface area contributed by atoms with Crippen LogP contribution in [-0.2, 0) is 0 Å². The van der Waals surface area contributed by atoms with E-state index >= 15 is 0 Å². The molecule has 0 radical (unpaired) electrons. The highest BCUT2D eigenvalue weighted by Crippen LogP contribution is 2.37. The molecule has 1 rings (SSSR count). The zero-order valence-corrected chi connectivity index (χ0v) is 5.43. The highest BCUT2D eigenvalue weighted by Gasteiger charge is 2.28. The zero-order chi connectivity index (χ0) is 5.98. The minimum Gasteiger partial charge on any atom is -0.396 e. The van der Waals surface area contributed by atoms with E-state index < -0.39 is 0 Å². The first-order valence-corrected chi connectivity index (χ1v) is 3.49. The van der Waals surface area contributed by atoms with E-state index in [9.17, 15) is 0 Å². The van der Waals surface area contributed by atoms with Gasteiger partial charge in [0.1, 0.15) is 0 Å². The molecule has 1 N–H and O–H groups in total. The summed E-state index contributed by atoms with van der Waals surface area (Å²) in [6.07, 6.45) is 3.87. The van der Waals surface area contributed by atoms with Gasteiger partial charge in [0.15, 0.2) is 0 Å². The lowest BCUT2D eigenvalue weighted by atomic mass is 10.0. The second-order valence-corrected chi connectivity index (χ2v) is 2.69. The Labute approximate surface area is 50.7 Å². The van der Waals surface area contributed by atoms with Crippen molar-refractivity contribution in [2.45, 2.75) is 26.2 Å². The van der Waals surface area contributed by atoms with Crippen molar-refractivity contribution in [3.05, 3.63) is 0 Å². The summed E-state index contributed by atoms with van der Waals surface area (Å²) in [5.41, 5.74) is 0. The quantitative estimate of drug-likeness (QED) is 0.588. The van der Waals surface area contributed by atoms with E-state index in [1.54, 1.807) is 0 Å². The van der Waals surface area contributed by atoms with Crippen LogP contribution in [0.15, 0.2) is 0 Å². The number of aliphatic hydroxyl groups is 1. The monoisotopic (exact) mass is 114 g/mol. The van der Waals surface area contributed by atoms with Crippen molar-refractivity contribution in [3.8, 4) is 0 Å². The summed E-state index contributed by atoms with van der Waals surface area (Å²) in [4.78, 5) is 0. The molecule has 0 amide bonds. The van der Waals surface area contributed by atoms with Crippen LogP contribution < -0.4 is 0 Å². The predicted octanol–water partition coefficient (Wildman–Crippen LogP) is 1.41. The van der Waals surface area contributed by atoms with E-state index in [1.807, 2.05) is 0 Å². The third kappa shape index (κ3) is 1.22. The van der Waals surface area contributed by atoms with Crippen molar-refractivity contribution in [1.29, 1.82) is 0 Å². The van der Waals surface area contributed by atoms with Crippen molar-refractivity contribution in [2.24, 2.45) is 11.8 Å². The van der Waals surface area contributed by atoms with Crippen molar-refractivity contribution < 1.29 is 5.11 Å². The minimum absolute atomic E-state index is 0.404. The lowest BCUT2D eigenvalue weighted by molar-refractivity contribution is 0.206. The molecule has 8 heavy (non-hydrogen) atoms. The number of rotatable bonds is 3. The van der Waals surface area contributed by atoms with E-state index in [0.717, 1.165) is 12.3 Å². The third-order valence-electron chi connectivity index (χ3n) is 2.05. The van der Waals surface area contributed by atoms with E-state index in [1.165, 1.54) is 12.8 Å². The van der Waals surface area contributed by atoms with Crippen LogP contribution in [0, 0.1) is 11.8 Å². The Morgan fingerprint density at radius 2 is 2.25 bits per heavy atom. The largest absolute Gasteiger partial charge is 0.396 e. The molecule has 1 aliphatic carbocycles. The Morgan fingerprint density at radius 1 is 1.62 bits per heavy atom. The lowest BCUT2D eigenvalue weighted by Crippen LogP contribution is -2.05. The van der Waals surface area contributed by atoms with Crippen molar-refractivity contribution in [3.63, 3.8) is 0 Å². The summed E-state index contributed by atoms with van der Waals surface area (Å²) < 4.78 is 0. The third-order valence-corrected chi connectivity index (χ3v) is 2.05. The average molecular weight is 114 g/mol. The summed E-state index contributed by atoms with van der Waals surface area (Å²) >= 11 is 0. The Bertz CT molecular complexity index is 62.8. The maximum atomic E-state index is 8.74. The van der Waals surface area contributed by atoms with Gasteiger partial charge in [-0.3, -0.25) is 0 Å². The van der Waals surface area contributed by atoms with Gasteiger partial charge in [0.2, 0.25) is 0 Å². The molecule has 1 heteroatoms. The SMILES string of the molecule is CCC(CO)C1CC1. The highest BCUT2D eigenvalue weighted by molar-refractivity contribution is 4.79. The molecule has 1 saturated carbocycles. The van der Waals surface area contributed by atoms with Crippen LogP contribution in [0.1, 0.15) is 26.2 Å². The lowest BCUT2D eigenvalue weighted by Gasteiger charge is -2.07. The molecular weight excluding hydrogens is 100 g/mol. The van der Waals surface area contributed by atoms with Crippen LogP contribution in [0.5, 0.6) is 0 Å². The maximum absolute atomic E-state index is 8.74.